The van der Waals surface area contributed by atoms with Gasteiger partial charge in [-0.15, -0.1) is 0 Å². The molecule has 1 aliphatic rings. The molecule has 1 aliphatic heterocycles. The van der Waals surface area contributed by atoms with Crippen molar-refractivity contribution in [2.45, 2.75) is 32.7 Å². The molecule has 0 radical (unpaired) electrons. The number of hydrogen-bond acceptors (Lipinski definition) is 4. The Hall–Kier alpha value is -1.62. The minimum absolute atomic E-state index is 0.201. The molecule has 0 saturated carbocycles. The molecule has 0 bridgehead atoms. The van der Waals surface area contributed by atoms with Crippen LogP contribution in [0.15, 0.2) is 24.4 Å². The summed E-state index contributed by atoms with van der Waals surface area (Å²) in [6, 6.07) is 6.45. The number of pyridine rings is 1. The molecule has 2 rings (SSSR count). The van der Waals surface area contributed by atoms with Crippen molar-refractivity contribution < 1.29 is 4.79 Å². The monoisotopic (exact) mass is 290 g/mol. The van der Waals surface area contributed by atoms with Gasteiger partial charge in [-0.05, 0) is 38.8 Å². The lowest BCUT2D eigenvalue weighted by molar-refractivity contribution is -0.130. The standard InChI is InChI=1S/C16H26N4O/c1-3-19(4-2)16(21)13-18-14-8-11-20(12-9-14)15-7-5-6-10-17-15/h5-7,10,14,18H,3-4,8-9,11-13H2,1-2H3. The molecule has 2 heterocycles. The predicted molar refractivity (Wildman–Crippen MR) is 85.4 cm³/mol. The van der Waals surface area contributed by atoms with E-state index in [1.165, 1.54) is 0 Å². The van der Waals surface area contributed by atoms with E-state index >= 15 is 0 Å². The molecule has 5 heteroatoms. The number of nitrogens with zero attached hydrogens (tertiary/aromatic N) is 3. The molecular weight excluding hydrogens is 264 g/mol. The van der Waals surface area contributed by atoms with Gasteiger partial charge in [0.05, 0.1) is 6.54 Å². The Labute approximate surface area is 127 Å². The summed E-state index contributed by atoms with van der Waals surface area (Å²) in [5, 5.41) is 3.40. The summed E-state index contributed by atoms with van der Waals surface area (Å²) in [6.45, 7) is 8.06. The van der Waals surface area contributed by atoms with Gasteiger partial charge < -0.3 is 15.1 Å². The average molecular weight is 290 g/mol. The lowest BCUT2D eigenvalue weighted by atomic mass is 10.1. The van der Waals surface area contributed by atoms with Crippen molar-refractivity contribution in [2.75, 3.05) is 37.6 Å². The minimum atomic E-state index is 0.201. The Morgan fingerprint density at radius 1 is 1.33 bits per heavy atom. The van der Waals surface area contributed by atoms with Crippen molar-refractivity contribution in [1.29, 1.82) is 0 Å². The topological polar surface area (TPSA) is 48.5 Å². The van der Waals surface area contributed by atoms with E-state index in [0.29, 0.717) is 12.6 Å². The van der Waals surface area contributed by atoms with E-state index in [0.717, 1.165) is 44.8 Å². The molecule has 0 aliphatic carbocycles. The van der Waals surface area contributed by atoms with E-state index in [9.17, 15) is 4.79 Å². The highest BCUT2D eigenvalue weighted by Gasteiger charge is 2.20. The number of carbonyl (C=O) groups excluding carboxylic acids is 1. The number of rotatable bonds is 6. The zero-order valence-corrected chi connectivity index (χ0v) is 13.1. The summed E-state index contributed by atoms with van der Waals surface area (Å²) >= 11 is 0. The predicted octanol–water partition coefficient (Wildman–Crippen LogP) is 1.51. The van der Waals surface area contributed by atoms with E-state index in [4.69, 9.17) is 0 Å². The Balaban J connectivity index is 1.73. The van der Waals surface area contributed by atoms with Gasteiger partial charge in [-0.2, -0.15) is 0 Å². The third kappa shape index (κ3) is 4.43. The molecule has 21 heavy (non-hydrogen) atoms. The van der Waals surface area contributed by atoms with E-state index in [1.54, 1.807) is 0 Å². The van der Waals surface area contributed by atoms with E-state index < -0.39 is 0 Å². The fraction of sp³-hybridized carbons (Fsp3) is 0.625. The molecule has 1 amide bonds. The zero-order valence-electron chi connectivity index (χ0n) is 13.1. The second-order valence-electron chi connectivity index (χ2n) is 5.40. The maximum Gasteiger partial charge on any atom is 0.236 e. The first-order valence-corrected chi connectivity index (χ1v) is 7.91. The second-order valence-corrected chi connectivity index (χ2v) is 5.40. The number of aromatic nitrogens is 1. The third-order valence-corrected chi connectivity index (χ3v) is 4.13. The highest BCUT2D eigenvalue weighted by Crippen LogP contribution is 2.17. The van der Waals surface area contributed by atoms with Gasteiger partial charge in [0.15, 0.2) is 0 Å². The molecule has 1 N–H and O–H groups in total. The van der Waals surface area contributed by atoms with Gasteiger partial charge in [-0.25, -0.2) is 4.98 Å². The Morgan fingerprint density at radius 3 is 2.62 bits per heavy atom. The first-order chi connectivity index (χ1) is 10.2. The van der Waals surface area contributed by atoms with Crippen LogP contribution in [-0.4, -0.2) is 54.6 Å². The third-order valence-electron chi connectivity index (χ3n) is 4.13. The number of anilines is 1. The van der Waals surface area contributed by atoms with Crippen LogP contribution in [0.3, 0.4) is 0 Å². The van der Waals surface area contributed by atoms with Gasteiger partial charge in [0, 0.05) is 38.4 Å². The molecule has 1 aromatic heterocycles. The number of hydrogen-bond donors (Lipinski definition) is 1. The molecule has 1 saturated heterocycles. The number of nitrogens with one attached hydrogen (secondary N) is 1. The summed E-state index contributed by atoms with van der Waals surface area (Å²) in [7, 11) is 0. The van der Waals surface area contributed by atoms with Crippen LogP contribution in [0, 0.1) is 0 Å². The Bertz CT molecular complexity index is 425. The fourth-order valence-corrected chi connectivity index (χ4v) is 2.77. The minimum Gasteiger partial charge on any atom is -0.357 e. The fourth-order valence-electron chi connectivity index (χ4n) is 2.77. The molecule has 1 aromatic rings. The normalized spacial score (nSPS) is 16.0. The number of carbonyl (C=O) groups is 1. The van der Waals surface area contributed by atoms with Gasteiger partial charge in [0.2, 0.25) is 5.91 Å². The van der Waals surface area contributed by atoms with E-state index in [1.807, 2.05) is 37.1 Å². The van der Waals surface area contributed by atoms with Gasteiger partial charge in [0.25, 0.3) is 0 Å². The van der Waals surface area contributed by atoms with Gasteiger partial charge in [-0.3, -0.25) is 4.79 Å². The molecule has 0 aromatic carbocycles. The van der Waals surface area contributed by atoms with Crippen LogP contribution in [0.4, 0.5) is 5.82 Å². The first-order valence-electron chi connectivity index (χ1n) is 7.91. The highest BCUT2D eigenvalue weighted by molar-refractivity contribution is 5.78. The molecule has 0 atom stereocenters. The van der Waals surface area contributed by atoms with Crippen molar-refractivity contribution in [3.8, 4) is 0 Å². The lowest BCUT2D eigenvalue weighted by Crippen LogP contribution is -2.46. The van der Waals surface area contributed by atoms with Crippen molar-refractivity contribution in [2.24, 2.45) is 0 Å². The maximum absolute atomic E-state index is 12.0. The summed E-state index contributed by atoms with van der Waals surface area (Å²) in [5.74, 6) is 1.25. The second kappa shape index (κ2) is 7.98. The number of piperidine rings is 1. The smallest absolute Gasteiger partial charge is 0.236 e. The molecule has 0 spiro atoms. The van der Waals surface area contributed by atoms with Crippen molar-refractivity contribution in [3.05, 3.63) is 24.4 Å². The van der Waals surface area contributed by atoms with Gasteiger partial charge >= 0.3 is 0 Å². The lowest BCUT2D eigenvalue weighted by Gasteiger charge is -2.33. The summed E-state index contributed by atoms with van der Waals surface area (Å²) in [5.41, 5.74) is 0. The summed E-state index contributed by atoms with van der Waals surface area (Å²) < 4.78 is 0. The van der Waals surface area contributed by atoms with E-state index in [-0.39, 0.29) is 5.91 Å². The van der Waals surface area contributed by atoms with Crippen molar-refractivity contribution in [1.82, 2.24) is 15.2 Å². The Kier molecular flexibility index (Phi) is 5.99. The van der Waals surface area contributed by atoms with E-state index in [2.05, 4.69) is 21.3 Å². The Morgan fingerprint density at radius 2 is 2.05 bits per heavy atom. The van der Waals surface area contributed by atoms with Crippen LogP contribution < -0.4 is 10.2 Å². The zero-order chi connectivity index (χ0) is 15.1. The molecule has 116 valence electrons. The van der Waals surface area contributed by atoms with Crippen LogP contribution in [0.2, 0.25) is 0 Å². The number of likely N-dealkylation sites (N-methyl/N-ethyl adjacent to an activating group) is 1. The maximum atomic E-state index is 12.0. The molecular formula is C16H26N4O. The van der Waals surface area contributed by atoms with Crippen LogP contribution >= 0.6 is 0 Å². The van der Waals surface area contributed by atoms with Crippen LogP contribution in [0.1, 0.15) is 26.7 Å². The molecule has 1 fully saturated rings. The quantitative estimate of drug-likeness (QED) is 0.863. The van der Waals surface area contributed by atoms with Crippen LogP contribution in [0.25, 0.3) is 0 Å². The van der Waals surface area contributed by atoms with Crippen molar-refractivity contribution in [3.63, 3.8) is 0 Å². The molecule has 5 nitrogen and oxygen atoms in total. The SMILES string of the molecule is CCN(CC)C(=O)CNC1CCN(c2ccccn2)CC1. The van der Waals surface area contributed by atoms with Gasteiger partial charge in [0.1, 0.15) is 5.82 Å². The average Bonchev–Trinajstić information content (AvgIpc) is 2.55. The highest BCUT2D eigenvalue weighted by atomic mass is 16.2. The van der Waals surface area contributed by atoms with Gasteiger partial charge in [-0.1, -0.05) is 6.07 Å². The summed E-state index contributed by atoms with van der Waals surface area (Å²) in [4.78, 5) is 20.5. The first kappa shape index (κ1) is 15.8. The van der Waals surface area contributed by atoms with Crippen LogP contribution in [0.5, 0.6) is 0 Å². The molecule has 0 unspecified atom stereocenters. The van der Waals surface area contributed by atoms with Crippen molar-refractivity contribution >= 4 is 11.7 Å². The largest absolute Gasteiger partial charge is 0.357 e. The number of amides is 1. The van der Waals surface area contributed by atoms with Crippen LogP contribution in [-0.2, 0) is 4.79 Å². The summed E-state index contributed by atoms with van der Waals surface area (Å²) in [6.07, 6.45) is 3.95.